The first-order chi connectivity index (χ1) is 8.58. The summed E-state index contributed by atoms with van der Waals surface area (Å²) < 4.78 is 6.86. The van der Waals surface area contributed by atoms with Gasteiger partial charge in [-0.3, -0.25) is 9.48 Å². The van der Waals surface area contributed by atoms with E-state index < -0.39 is 0 Å². The Labute approximate surface area is 111 Å². The summed E-state index contributed by atoms with van der Waals surface area (Å²) in [5.41, 5.74) is 1.53. The summed E-state index contributed by atoms with van der Waals surface area (Å²) in [4.78, 5) is 11.9. The summed E-state index contributed by atoms with van der Waals surface area (Å²) in [5.74, 6) is 0.965. The van der Waals surface area contributed by atoms with Crippen LogP contribution in [0.25, 0.3) is 0 Å². The molecule has 0 aromatic carbocycles. The number of ketones is 1. The molecule has 0 unspecified atom stereocenters. The van der Waals surface area contributed by atoms with Gasteiger partial charge in [0.05, 0.1) is 22.7 Å². The summed E-state index contributed by atoms with van der Waals surface area (Å²) in [7, 11) is 1.80. The van der Waals surface area contributed by atoms with Crippen molar-refractivity contribution in [2.45, 2.75) is 26.2 Å². The molecule has 0 aliphatic rings. The topological polar surface area (TPSA) is 48.0 Å². The Kier molecular flexibility index (Phi) is 3.87. The van der Waals surface area contributed by atoms with Crippen LogP contribution in [0.3, 0.4) is 0 Å². The third-order valence-electron chi connectivity index (χ3n) is 2.86. The van der Waals surface area contributed by atoms with Gasteiger partial charge in [0.25, 0.3) is 0 Å². The van der Waals surface area contributed by atoms with Crippen molar-refractivity contribution < 1.29 is 9.21 Å². The second-order valence-electron chi connectivity index (χ2n) is 4.26. The van der Waals surface area contributed by atoms with E-state index in [1.807, 2.05) is 19.1 Å². The van der Waals surface area contributed by atoms with Gasteiger partial charge in [-0.05, 0) is 19.1 Å². The molecule has 0 saturated carbocycles. The molecule has 5 heteroatoms. The van der Waals surface area contributed by atoms with Gasteiger partial charge in [0.1, 0.15) is 11.5 Å². The molecule has 0 N–H and O–H groups in total. The van der Waals surface area contributed by atoms with Crippen molar-refractivity contribution in [3.8, 4) is 0 Å². The van der Waals surface area contributed by atoms with E-state index in [-0.39, 0.29) is 5.78 Å². The van der Waals surface area contributed by atoms with Crippen molar-refractivity contribution in [2.24, 2.45) is 7.05 Å². The summed E-state index contributed by atoms with van der Waals surface area (Å²) >= 11 is 6.10. The van der Waals surface area contributed by atoms with Crippen molar-refractivity contribution in [3.05, 3.63) is 40.6 Å². The largest absolute Gasteiger partial charge is 0.469 e. The molecule has 18 heavy (non-hydrogen) atoms. The highest BCUT2D eigenvalue weighted by Gasteiger charge is 2.14. The van der Waals surface area contributed by atoms with E-state index in [1.54, 1.807) is 18.0 Å². The molecule has 96 valence electrons. The third kappa shape index (κ3) is 2.82. The van der Waals surface area contributed by atoms with Crippen LogP contribution in [0.15, 0.2) is 22.8 Å². The van der Waals surface area contributed by atoms with Crippen LogP contribution in [-0.4, -0.2) is 15.6 Å². The van der Waals surface area contributed by atoms with Gasteiger partial charge in [0.2, 0.25) is 0 Å². The number of furan rings is 1. The summed E-state index contributed by atoms with van der Waals surface area (Å²) in [6.45, 7) is 1.83. The molecular weight excluding hydrogens is 252 g/mol. The lowest BCUT2D eigenvalue weighted by atomic mass is 10.1. The van der Waals surface area contributed by atoms with Gasteiger partial charge in [-0.2, -0.15) is 5.10 Å². The normalized spacial score (nSPS) is 10.8. The van der Waals surface area contributed by atoms with Crippen LogP contribution < -0.4 is 0 Å². The molecule has 0 aliphatic carbocycles. The highest BCUT2D eigenvalue weighted by atomic mass is 35.5. The SMILES string of the molecule is Cc1nn(C)c(CC(=O)CCc2ccco2)c1Cl. The molecule has 0 atom stereocenters. The number of hydrogen-bond donors (Lipinski definition) is 0. The molecule has 0 aliphatic heterocycles. The lowest BCUT2D eigenvalue weighted by Gasteiger charge is -2.02. The minimum absolute atomic E-state index is 0.135. The Morgan fingerprint density at radius 1 is 1.56 bits per heavy atom. The van der Waals surface area contributed by atoms with E-state index in [9.17, 15) is 4.79 Å². The zero-order valence-electron chi connectivity index (χ0n) is 10.4. The maximum atomic E-state index is 11.9. The Balaban J connectivity index is 1.95. The number of rotatable bonds is 5. The number of halogens is 1. The number of aromatic nitrogens is 2. The average Bonchev–Trinajstić information content (AvgIpc) is 2.92. The standard InChI is InChI=1S/C13H15ClN2O2/c1-9-13(14)12(16(2)15-9)8-10(17)5-6-11-4-3-7-18-11/h3-4,7H,5-6,8H2,1-2H3. The molecular formula is C13H15ClN2O2. The molecule has 2 aromatic heterocycles. The van der Waals surface area contributed by atoms with Crippen molar-refractivity contribution in [3.63, 3.8) is 0 Å². The number of aryl methyl sites for hydroxylation is 3. The Hall–Kier alpha value is -1.55. The fraction of sp³-hybridized carbons (Fsp3) is 0.385. The second kappa shape index (κ2) is 5.40. The minimum Gasteiger partial charge on any atom is -0.469 e. The first-order valence-electron chi connectivity index (χ1n) is 5.80. The molecule has 0 saturated heterocycles. The zero-order valence-corrected chi connectivity index (χ0v) is 11.2. The smallest absolute Gasteiger partial charge is 0.139 e. The van der Waals surface area contributed by atoms with Crippen LogP contribution >= 0.6 is 11.6 Å². The lowest BCUT2D eigenvalue weighted by Crippen LogP contribution is -2.08. The quantitative estimate of drug-likeness (QED) is 0.836. The molecule has 0 amide bonds. The van der Waals surface area contributed by atoms with Crippen molar-refractivity contribution in [2.75, 3.05) is 0 Å². The van der Waals surface area contributed by atoms with E-state index >= 15 is 0 Å². The van der Waals surface area contributed by atoms with Crippen molar-refractivity contribution >= 4 is 17.4 Å². The predicted octanol–water partition coefficient (Wildman–Crippen LogP) is 2.72. The lowest BCUT2D eigenvalue weighted by molar-refractivity contribution is -0.118. The van der Waals surface area contributed by atoms with Gasteiger partial charge in [-0.15, -0.1) is 0 Å². The first-order valence-corrected chi connectivity index (χ1v) is 6.17. The van der Waals surface area contributed by atoms with Gasteiger partial charge < -0.3 is 4.42 Å². The molecule has 0 spiro atoms. The molecule has 0 fully saturated rings. The molecule has 2 aromatic rings. The molecule has 0 radical (unpaired) electrons. The monoisotopic (exact) mass is 266 g/mol. The summed E-state index contributed by atoms with van der Waals surface area (Å²) in [6.07, 6.45) is 3.01. The van der Waals surface area contributed by atoms with E-state index in [0.717, 1.165) is 17.1 Å². The number of hydrogen-bond acceptors (Lipinski definition) is 3. The van der Waals surface area contributed by atoms with Crippen LogP contribution in [-0.2, 0) is 24.7 Å². The van der Waals surface area contributed by atoms with Crippen LogP contribution in [0.4, 0.5) is 0 Å². The molecule has 2 rings (SSSR count). The Morgan fingerprint density at radius 3 is 2.89 bits per heavy atom. The second-order valence-corrected chi connectivity index (χ2v) is 4.64. The van der Waals surface area contributed by atoms with Crippen molar-refractivity contribution in [1.82, 2.24) is 9.78 Å². The minimum atomic E-state index is 0.135. The van der Waals surface area contributed by atoms with E-state index in [2.05, 4.69) is 5.10 Å². The van der Waals surface area contributed by atoms with Crippen molar-refractivity contribution in [1.29, 1.82) is 0 Å². The maximum absolute atomic E-state index is 11.9. The Morgan fingerprint density at radius 2 is 2.33 bits per heavy atom. The van der Waals surface area contributed by atoms with Crippen LogP contribution in [0.2, 0.25) is 5.02 Å². The van der Waals surface area contributed by atoms with Gasteiger partial charge in [0, 0.05) is 26.3 Å². The van der Waals surface area contributed by atoms with Gasteiger partial charge >= 0.3 is 0 Å². The highest BCUT2D eigenvalue weighted by Crippen LogP contribution is 2.20. The van der Waals surface area contributed by atoms with Crippen LogP contribution in [0, 0.1) is 6.92 Å². The van der Waals surface area contributed by atoms with Gasteiger partial charge in [-0.25, -0.2) is 0 Å². The number of nitrogens with zero attached hydrogens (tertiary/aromatic N) is 2. The molecule has 4 nitrogen and oxygen atoms in total. The maximum Gasteiger partial charge on any atom is 0.139 e. The predicted molar refractivity (Wildman–Crippen MR) is 68.7 cm³/mol. The zero-order chi connectivity index (χ0) is 13.1. The van der Waals surface area contributed by atoms with Gasteiger partial charge in [0.15, 0.2) is 0 Å². The fourth-order valence-corrected chi connectivity index (χ4v) is 2.09. The third-order valence-corrected chi connectivity index (χ3v) is 3.35. The van der Waals surface area contributed by atoms with Crippen LogP contribution in [0.1, 0.15) is 23.6 Å². The molecule has 0 bridgehead atoms. The number of Topliss-reactive ketones (excluding diaryl/α,β-unsaturated/α-hetero) is 1. The summed E-state index contributed by atoms with van der Waals surface area (Å²) in [6, 6.07) is 3.69. The van der Waals surface area contributed by atoms with Gasteiger partial charge in [-0.1, -0.05) is 11.6 Å². The first kappa shape index (κ1) is 12.9. The van der Waals surface area contributed by atoms with E-state index in [1.165, 1.54) is 0 Å². The number of carbonyl (C=O) groups is 1. The van der Waals surface area contributed by atoms with E-state index in [4.69, 9.17) is 16.0 Å². The fourth-order valence-electron chi connectivity index (χ4n) is 1.86. The molecule has 2 heterocycles. The summed E-state index contributed by atoms with van der Waals surface area (Å²) in [5, 5.41) is 4.77. The highest BCUT2D eigenvalue weighted by molar-refractivity contribution is 6.32. The Bertz CT molecular complexity index is 544. The average molecular weight is 267 g/mol. The number of carbonyl (C=O) groups excluding carboxylic acids is 1. The van der Waals surface area contributed by atoms with E-state index in [0.29, 0.717) is 24.3 Å². The van der Waals surface area contributed by atoms with Crippen LogP contribution in [0.5, 0.6) is 0 Å².